The fraction of sp³-hybridized carbons (Fsp3) is 0.188. The van der Waals surface area contributed by atoms with Crippen molar-refractivity contribution in [3.8, 4) is 22.8 Å². The van der Waals surface area contributed by atoms with Gasteiger partial charge in [0.05, 0.1) is 11.1 Å². The number of aromatic nitrogens is 3. The summed E-state index contributed by atoms with van der Waals surface area (Å²) in [6.45, 7) is 0. The zero-order valence-electron chi connectivity index (χ0n) is 11.7. The number of halogens is 1. The van der Waals surface area contributed by atoms with Gasteiger partial charge in [0, 0.05) is 12.2 Å². The summed E-state index contributed by atoms with van der Waals surface area (Å²) < 4.78 is 18.9. The molecule has 0 spiro atoms. The molecule has 2 heterocycles. The summed E-state index contributed by atoms with van der Waals surface area (Å²) in [5.74, 6) is 1.01. The van der Waals surface area contributed by atoms with Gasteiger partial charge in [0.25, 0.3) is 5.89 Å². The number of anilines is 1. The fourth-order valence-electron chi connectivity index (χ4n) is 2.14. The van der Waals surface area contributed by atoms with Crippen LogP contribution < -0.4 is 5.32 Å². The highest BCUT2D eigenvalue weighted by Gasteiger charge is 2.21. The molecule has 0 aliphatic heterocycles. The van der Waals surface area contributed by atoms with E-state index in [4.69, 9.17) is 4.52 Å². The van der Waals surface area contributed by atoms with Crippen molar-refractivity contribution in [1.82, 2.24) is 15.1 Å². The van der Waals surface area contributed by atoms with Gasteiger partial charge >= 0.3 is 0 Å². The van der Waals surface area contributed by atoms with Gasteiger partial charge in [-0.2, -0.15) is 4.98 Å². The van der Waals surface area contributed by atoms with E-state index in [9.17, 15) is 4.39 Å². The van der Waals surface area contributed by atoms with Gasteiger partial charge < -0.3 is 9.84 Å². The Morgan fingerprint density at radius 3 is 2.73 bits per heavy atom. The average molecular weight is 296 g/mol. The van der Waals surface area contributed by atoms with E-state index in [-0.39, 0.29) is 11.6 Å². The molecule has 1 aliphatic rings. The van der Waals surface area contributed by atoms with Gasteiger partial charge in [-0.3, -0.25) is 0 Å². The quantitative estimate of drug-likeness (QED) is 0.798. The van der Waals surface area contributed by atoms with Gasteiger partial charge in [0.2, 0.25) is 5.82 Å². The smallest absolute Gasteiger partial charge is 0.259 e. The maximum atomic E-state index is 13.7. The van der Waals surface area contributed by atoms with E-state index < -0.39 is 0 Å². The van der Waals surface area contributed by atoms with Crippen LogP contribution in [0, 0.1) is 5.82 Å². The Labute approximate surface area is 126 Å². The maximum absolute atomic E-state index is 13.7. The third-order valence-corrected chi connectivity index (χ3v) is 3.48. The Balaban J connectivity index is 1.59. The third kappa shape index (κ3) is 2.55. The topological polar surface area (TPSA) is 63.8 Å². The monoisotopic (exact) mass is 296 g/mol. The minimum absolute atomic E-state index is 0.230. The average Bonchev–Trinajstić information content (AvgIpc) is 3.22. The van der Waals surface area contributed by atoms with E-state index in [1.165, 1.54) is 18.9 Å². The fourth-order valence-corrected chi connectivity index (χ4v) is 2.14. The van der Waals surface area contributed by atoms with Crippen molar-refractivity contribution in [3.05, 3.63) is 48.4 Å². The molecular weight excluding hydrogens is 283 g/mol. The van der Waals surface area contributed by atoms with Gasteiger partial charge in [-0.1, -0.05) is 17.3 Å². The van der Waals surface area contributed by atoms with Gasteiger partial charge in [-0.15, -0.1) is 0 Å². The number of nitrogens with zero attached hydrogens (tertiary/aromatic N) is 3. The Kier molecular flexibility index (Phi) is 3.07. The second kappa shape index (κ2) is 5.22. The van der Waals surface area contributed by atoms with E-state index in [1.54, 1.807) is 24.4 Å². The van der Waals surface area contributed by atoms with Gasteiger partial charge in [0.15, 0.2) is 0 Å². The zero-order valence-corrected chi connectivity index (χ0v) is 11.7. The number of hydrogen-bond donors (Lipinski definition) is 1. The van der Waals surface area contributed by atoms with Crippen molar-refractivity contribution in [2.75, 3.05) is 5.32 Å². The molecule has 3 aromatic rings. The minimum Gasteiger partial charge on any atom is -0.367 e. The number of hydrogen-bond acceptors (Lipinski definition) is 5. The minimum atomic E-state index is -0.378. The van der Waals surface area contributed by atoms with Crippen molar-refractivity contribution < 1.29 is 8.91 Å². The van der Waals surface area contributed by atoms with Crippen LogP contribution in [0.3, 0.4) is 0 Å². The van der Waals surface area contributed by atoms with Crippen LogP contribution >= 0.6 is 0 Å². The lowest BCUT2D eigenvalue weighted by Gasteiger charge is -2.02. The predicted molar refractivity (Wildman–Crippen MR) is 79.6 cm³/mol. The lowest BCUT2D eigenvalue weighted by molar-refractivity contribution is 0.431. The number of pyridine rings is 1. The van der Waals surface area contributed by atoms with Crippen LogP contribution in [0.5, 0.6) is 0 Å². The van der Waals surface area contributed by atoms with Crippen molar-refractivity contribution in [2.24, 2.45) is 0 Å². The lowest BCUT2D eigenvalue weighted by atomic mass is 10.2. The Bertz CT molecular complexity index is 796. The van der Waals surface area contributed by atoms with Crippen LogP contribution in [0.4, 0.5) is 10.2 Å². The first kappa shape index (κ1) is 12.9. The largest absolute Gasteiger partial charge is 0.367 e. The van der Waals surface area contributed by atoms with Crippen molar-refractivity contribution in [1.29, 1.82) is 0 Å². The second-order valence-electron chi connectivity index (χ2n) is 5.25. The summed E-state index contributed by atoms with van der Waals surface area (Å²) in [6.07, 6.45) is 4.06. The molecule has 0 radical (unpaired) electrons. The molecule has 6 heteroatoms. The first-order chi connectivity index (χ1) is 10.8. The number of rotatable bonds is 4. The van der Waals surface area contributed by atoms with Crippen LogP contribution in [0.15, 0.2) is 47.1 Å². The Morgan fingerprint density at radius 2 is 2.00 bits per heavy atom. The normalized spacial score (nSPS) is 14.0. The van der Waals surface area contributed by atoms with Crippen LogP contribution in [-0.2, 0) is 0 Å². The molecule has 1 saturated carbocycles. The summed E-state index contributed by atoms with van der Waals surface area (Å²) in [4.78, 5) is 8.56. The number of nitrogens with one attached hydrogen (secondary N) is 1. The molecule has 2 aromatic heterocycles. The van der Waals surface area contributed by atoms with Crippen LogP contribution in [0.2, 0.25) is 0 Å². The molecule has 0 amide bonds. The van der Waals surface area contributed by atoms with Crippen LogP contribution in [0.25, 0.3) is 22.8 Å². The van der Waals surface area contributed by atoms with Gasteiger partial charge in [0.1, 0.15) is 11.6 Å². The maximum Gasteiger partial charge on any atom is 0.259 e. The highest BCUT2D eigenvalue weighted by Crippen LogP contribution is 2.26. The van der Waals surface area contributed by atoms with E-state index in [2.05, 4.69) is 20.4 Å². The van der Waals surface area contributed by atoms with E-state index in [1.807, 2.05) is 12.1 Å². The molecule has 0 atom stereocenters. The summed E-state index contributed by atoms with van der Waals surface area (Å²) in [6, 6.07) is 10.6. The SMILES string of the molecule is Fc1ccccc1-c1noc(-c2ccc(NC3CC3)nc2)n1. The molecule has 0 saturated heterocycles. The van der Waals surface area contributed by atoms with Gasteiger partial charge in [-0.25, -0.2) is 9.37 Å². The highest BCUT2D eigenvalue weighted by molar-refractivity contribution is 5.60. The molecule has 5 nitrogen and oxygen atoms in total. The summed E-state index contributed by atoms with van der Waals surface area (Å²) in [7, 11) is 0. The first-order valence-electron chi connectivity index (χ1n) is 7.11. The van der Waals surface area contributed by atoms with Crippen molar-refractivity contribution in [2.45, 2.75) is 18.9 Å². The zero-order chi connectivity index (χ0) is 14.9. The predicted octanol–water partition coefficient (Wildman–Crippen LogP) is 3.51. The molecule has 1 N–H and O–H groups in total. The molecule has 22 heavy (non-hydrogen) atoms. The van der Waals surface area contributed by atoms with E-state index in [0.29, 0.717) is 23.1 Å². The second-order valence-corrected chi connectivity index (χ2v) is 5.25. The standard InChI is InChI=1S/C16H13FN4O/c17-13-4-2-1-3-12(13)15-20-16(22-21-15)10-5-8-14(18-9-10)19-11-6-7-11/h1-5,8-9,11H,6-7H2,(H,18,19). The lowest BCUT2D eigenvalue weighted by Crippen LogP contribution is -2.02. The molecule has 1 aromatic carbocycles. The van der Waals surface area contributed by atoms with E-state index >= 15 is 0 Å². The van der Waals surface area contributed by atoms with Crippen LogP contribution in [-0.4, -0.2) is 21.2 Å². The third-order valence-electron chi connectivity index (χ3n) is 3.48. The Hall–Kier alpha value is -2.76. The Morgan fingerprint density at radius 1 is 1.14 bits per heavy atom. The molecule has 1 fully saturated rings. The molecule has 0 unspecified atom stereocenters. The van der Waals surface area contributed by atoms with Crippen LogP contribution in [0.1, 0.15) is 12.8 Å². The first-order valence-corrected chi connectivity index (χ1v) is 7.11. The van der Waals surface area contributed by atoms with Crippen molar-refractivity contribution in [3.63, 3.8) is 0 Å². The van der Waals surface area contributed by atoms with E-state index in [0.717, 1.165) is 5.82 Å². The number of benzene rings is 1. The van der Waals surface area contributed by atoms with Gasteiger partial charge in [-0.05, 0) is 37.1 Å². The molecule has 4 rings (SSSR count). The molecular formula is C16H13FN4O. The summed E-state index contributed by atoms with van der Waals surface area (Å²) >= 11 is 0. The summed E-state index contributed by atoms with van der Waals surface area (Å²) in [5, 5.41) is 7.14. The molecule has 1 aliphatic carbocycles. The highest BCUT2D eigenvalue weighted by atomic mass is 19.1. The summed E-state index contributed by atoms with van der Waals surface area (Å²) in [5.41, 5.74) is 1.02. The van der Waals surface area contributed by atoms with Crippen molar-refractivity contribution >= 4 is 5.82 Å². The molecule has 110 valence electrons. The molecule has 0 bridgehead atoms.